The van der Waals surface area contributed by atoms with Crippen LogP contribution in [0.25, 0.3) is 22.4 Å². The first kappa shape index (κ1) is 14.7. The Bertz CT molecular complexity index is 809. The molecule has 0 amide bonds. The SMILES string of the molecule is COc1cc(S(=O)C(C)C)ccc1-c1nc2ccncc2[nH]1. The maximum Gasteiger partial charge on any atom is 0.142 e. The molecule has 0 spiro atoms. The summed E-state index contributed by atoms with van der Waals surface area (Å²) in [5.74, 6) is 1.36. The largest absolute Gasteiger partial charge is 0.496 e. The minimum absolute atomic E-state index is 0.0628. The Morgan fingerprint density at radius 1 is 1.27 bits per heavy atom. The highest BCUT2D eigenvalue weighted by Gasteiger charge is 2.15. The van der Waals surface area contributed by atoms with Crippen LogP contribution in [0.3, 0.4) is 0 Å². The van der Waals surface area contributed by atoms with Gasteiger partial charge in [-0.1, -0.05) is 13.8 Å². The predicted molar refractivity (Wildman–Crippen MR) is 87.4 cm³/mol. The molecule has 1 aromatic carbocycles. The van der Waals surface area contributed by atoms with Crippen LogP contribution in [0.1, 0.15) is 13.8 Å². The lowest BCUT2D eigenvalue weighted by atomic mass is 10.2. The van der Waals surface area contributed by atoms with E-state index in [0.29, 0.717) is 11.6 Å². The molecule has 5 nitrogen and oxygen atoms in total. The number of methoxy groups -OCH3 is 1. The number of fused-ring (bicyclic) bond motifs is 1. The number of aromatic nitrogens is 3. The van der Waals surface area contributed by atoms with Crippen molar-refractivity contribution in [3.63, 3.8) is 0 Å². The lowest BCUT2D eigenvalue weighted by molar-refractivity contribution is 0.415. The lowest BCUT2D eigenvalue weighted by Gasteiger charge is -2.10. The van der Waals surface area contributed by atoms with E-state index in [-0.39, 0.29) is 5.25 Å². The summed E-state index contributed by atoms with van der Waals surface area (Å²) in [5.41, 5.74) is 2.56. The molecule has 0 fully saturated rings. The van der Waals surface area contributed by atoms with E-state index in [0.717, 1.165) is 21.5 Å². The second kappa shape index (κ2) is 5.88. The lowest BCUT2D eigenvalue weighted by Crippen LogP contribution is -2.06. The highest BCUT2D eigenvalue weighted by atomic mass is 32.2. The van der Waals surface area contributed by atoms with Crippen LogP contribution in [0.4, 0.5) is 0 Å². The Morgan fingerprint density at radius 3 is 2.77 bits per heavy atom. The second-order valence-electron chi connectivity index (χ2n) is 5.19. The Morgan fingerprint density at radius 2 is 2.09 bits per heavy atom. The van der Waals surface area contributed by atoms with E-state index in [1.165, 1.54) is 0 Å². The number of nitrogens with one attached hydrogen (secondary N) is 1. The molecule has 0 aliphatic rings. The van der Waals surface area contributed by atoms with Crippen LogP contribution < -0.4 is 4.74 Å². The van der Waals surface area contributed by atoms with Gasteiger partial charge in [0.15, 0.2) is 0 Å². The molecule has 6 heteroatoms. The molecule has 0 radical (unpaired) electrons. The topological polar surface area (TPSA) is 67.9 Å². The highest BCUT2D eigenvalue weighted by Crippen LogP contribution is 2.31. The molecule has 2 heterocycles. The molecule has 1 N–H and O–H groups in total. The number of benzene rings is 1. The molecule has 3 rings (SSSR count). The Balaban J connectivity index is 2.08. The summed E-state index contributed by atoms with van der Waals surface area (Å²) in [5, 5.41) is 0.0628. The fraction of sp³-hybridized carbons (Fsp3) is 0.250. The zero-order chi connectivity index (χ0) is 15.7. The third-order valence-electron chi connectivity index (χ3n) is 3.37. The van der Waals surface area contributed by atoms with Gasteiger partial charge in [-0.05, 0) is 24.3 Å². The van der Waals surface area contributed by atoms with Crippen molar-refractivity contribution in [3.05, 3.63) is 36.7 Å². The third-order valence-corrected chi connectivity index (χ3v) is 4.95. The number of imidazole rings is 1. The molecule has 0 saturated carbocycles. The summed E-state index contributed by atoms with van der Waals surface area (Å²) in [7, 11) is 0.555. The van der Waals surface area contributed by atoms with Gasteiger partial charge in [-0.3, -0.25) is 9.19 Å². The summed E-state index contributed by atoms with van der Waals surface area (Å²) < 4.78 is 17.7. The molecule has 3 aromatic rings. The number of H-pyrrole nitrogens is 1. The summed E-state index contributed by atoms with van der Waals surface area (Å²) >= 11 is 0. The van der Waals surface area contributed by atoms with Crippen LogP contribution in [-0.4, -0.2) is 31.5 Å². The van der Waals surface area contributed by atoms with Crippen LogP contribution in [0.2, 0.25) is 0 Å². The van der Waals surface area contributed by atoms with Gasteiger partial charge in [0.25, 0.3) is 0 Å². The van der Waals surface area contributed by atoms with Crippen molar-refractivity contribution in [2.24, 2.45) is 0 Å². The summed E-state index contributed by atoms with van der Waals surface area (Å²) in [4.78, 5) is 12.6. The van der Waals surface area contributed by atoms with E-state index in [1.807, 2.05) is 38.1 Å². The van der Waals surface area contributed by atoms with Crippen molar-refractivity contribution in [2.45, 2.75) is 24.0 Å². The van der Waals surface area contributed by atoms with Gasteiger partial charge in [0.2, 0.25) is 0 Å². The van der Waals surface area contributed by atoms with Crippen LogP contribution in [-0.2, 0) is 10.8 Å². The zero-order valence-corrected chi connectivity index (χ0v) is 13.5. The Labute approximate surface area is 131 Å². The first-order valence-corrected chi connectivity index (χ1v) is 8.20. The van der Waals surface area contributed by atoms with Crippen LogP contribution >= 0.6 is 0 Å². The van der Waals surface area contributed by atoms with Gasteiger partial charge in [0.1, 0.15) is 11.6 Å². The number of rotatable bonds is 4. The smallest absolute Gasteiger partial charge is 0.142 e. The van der Waals surface area contributed by atoms with E-state index in [2.05, 4.69) is 15.0 Å². The fourth-order valence-electron chi connectivity index (χ4n) is 2.25. The van der Waals surface area contributed by atoms with Gasteiger partial charge in [0.05, 0.1) is 40.7 Å². The van der Waals surface area contributed by atoms with Crippen LogP contribution in [0.15, 0.2) is 41.6 Å². The van der Waals surface area contributed by atoms with E-state index < -0.39 is 10.8 Å². The van der Waals surface area contributed by atoms with Crippen molar-refractivity contribution in [3.8, 4) is 17.1 Å². The number of hydrogen-bond donors (Lipinski definition) is 1. The van der Waals surface area contributed by atoms with Crippen molar-refractivity contribution in [2.75, 3.05) is 7.11 Å². The van der Waals surface area contributed by atoms with Gasteiger partial charge in [0, 0.05) is 16.3 Å². The molecule has 0 saturated heterocycles. The van der Waals surface area contributed by atoms with Gasteiger partial charge in [-0.15, -0.1) is 0 Å². The number of hydrogen-bond acceptors (Lipinski definition) is 4. The fourth-order valence-corrected chi connectivity index (χ4v) is 3.22. The number of nitrogens with zero attached hydrogens (tertiary/aromatic N) is 2. The van der Waals surface area contributed by atoms with Crippen LogP contribution in [0, 0.1) is 0 Å². The standard InChI is InChI=1S/C16H17N3O2S/c1-10(2)22(20)11-4-5-12(15(8-11)21-3)16-18-13-6-7-17-9-14(13)19-16/h4-10H,1-3H3,(H,18,19). The number of ether oxygens (including phenoxy) is 1. The van der Waals surface area contributed by atoms with Crippen molar-refractivity contribution < 1.29 is 8.95 Å². The van der Waals surface area contributed by atoms with E-state index in [4.69, 9.17) is 4.74 Å². The van der Waals surface area contributed by atoms with E-state index >= 15 is 0 Å². The van der Waals surface area contributed by atoms with Crippen molar-refractivity contribution in [1.82, 2.24) is 15.0 Å². The predicted octanol–water partition coefficient (Wildman–Crippen LogP) is 3.15. The second-order valence-corrected chi connectivity index (χ2v) is 7.20. The molecule has 0 aliphatic carbocycles. The molecule has 0 bridgehead atoms. The molecule has 1 atom stereocenters. The van der Waals surface area contributed by atoms with Gasteiger partial charge >= 0.3 is 0 Å². The monoisotopic (exact) mass is 315 g/mol. The number of aromatic amines is 1. The first-order chi connectivity index (χ1) is 10.6. The average Bonchev–Trinajstić information content (AvgIpc) is 2.97. The molecular weight excluding hydrogens is 298 g/mol. The quantitative estimate of drug-likeness (QED) is 0.803. The molecule has 2 aromatic heterocycles. The number of pyridine rings is 1. The molecular formula is C16H17N3O2S. The van der Waals surface area contributed by atoms with Crippen LogP contribution in [0.5, 0.6) is 5.75 Å². The van der Waals surface area contributed by atoms with Crippen molar-refractivity contribution in [1.29, 1.82) is 0 Å². The summed E-state index contributed by atoms with van der Waals surface area (Å²) in [6.07, 6.45) is 3.44. The maximum atomic E-state index is 12.2. The molecule has 114 valence electrons. The third kappa shape index (κ3) is 2.62. The average molecular weight is 315 g/mol. The van der Waals surface area contributed by atoms with Gasteiger partial charge in [-0.25, -0.2) is 4.98 Å². The van der Waals surface area contributed by atoms with E-state index in [1.54, 1.807) is 19.5 Å². The summed E-state index contributed by atoms with van der Waals surface area (Å²) in [6, 6.07) is 7.42. The summed E-state index contributed by atoms with van der Waals surface area (Å²) in [6.45, 7) is 3.87. The Hall–Kier alpha value is -2.21. The molecule has 1 unspecified atom stereocenters. The maximum absolute atomic E-state index is 12.2. The minimum Gasteiger partial charge on any atom is -0.496 e. The normalized spacial score (nSPS) is 12.7. The minimum atomic E-state index is -1.05. The van der Waals surface area contributed by atoms with Gasteiger partial charge < -0.3 is 9.72 Å². The van der Waals surface area contributed by atoms with Gasteiger partial charge in [-0.2, -0.15) is 0 Å². The molecule has 22 heavy (non-hydrogen) atoms. The van der Waals surface area contributed by atoms with E-state index in [9.17, 15) is 4.21 Å². The first-order valence-electron chi connectivity index (χ1n) is 6.99. The Kier molecular flexibility index (Phi) is 3.94. The zero-order valence-electron chi connectivity index (χ0n) is 12.7. The molecule has 0 aliphatic heterocycles. The van der Waals surface area contributed by atoms with Crippen molar-refractivity contribution >= 4 is 21.8 Å². The highest BCUT2D eigenvalue weighted by molar-refractivity contribution is 7.85.